The number of aromatic nitrogens is 3. The normalized spacial score (nSPS) is 30.7. The van der Waals surface area contributed by atoms with Crippen molar-refractivity contribution in [1.29, 1.82) is 0 Å². The summed E-state index contributed by atoms with van der Waals surface area (Å²) in [6.45, 7) is 1.08. The van der Waals surface area contributed by atoms with Gasteiger partial charge in [-0.05, 0) is 37.5 Å². The van der Waals surface area contributed by atoms with Crippen LogP contribution < -0.4 is 0 Å². The topological polar surface area (TPSA) is 61.9 Å². The van der Waals surface area contributed by atoms with Crippen LogP contribution in [0.5, 0.6) is 0 Å². The van der Waals surface area contributed by atoms with Crippen LogP contribution in [0.25, 0.3) is 0 Å². The van der Waals surface area contributed by atoms with Gasteiger partial charge in [-0.1, -0.05) is 11.6 Å². The Kier molecular flexibility index (Phi) is 3.17. The van der Waals surface area contributed by atoms with Crippen molar-refractivity contribution in [2.45, 2.75) is 43.1 Å². The summed E-state index contributed by atoms with van der Waals surface area (Å²) < 4.78 is 13.1. The largest absolute Gasteiger partial charge is 0.338 e. The SMILES string of the molecule is O=C(C(F)Cl)N1C[C@@H](c2nc(C3CC3)n[nH]2)[C@H](C2CC2)C1. The van der Waals surface area contributed by atoms with E-state index in [1.54, 1.807) is 4.90 Å². The Hall–Kier alpha value is -1.17. The van der Waals surface area contributed by atoms with Gasteiger partial charge in [0.2, 0.25) is 0 Å². The third-order valence-corrected chi connectivity index (χ3v) is 5.09. The van der Waals surface area contributed by atoms with Gasteiger partial charge in [-0.3, -0.25) is 9.89 Å². The van der Waals surface area contributed by atoms with Gasteiger partial charge in [-0.15, -0.1) is 0 Å². The molecule has 0 bridgehead atoms. The van der Waals surface area contributed by atoms with Crippen molar-refractivity contribution < 1.29 is 9.18 Å². The number of nitrogens with zero attached hydrogens (tertiary/aromatic N) is 3. The molecule has 21 heavy (non-hydrogen) atoms. The molecule has 1 aromatic rings. The average molecular weight is 313 g/mol. The maximum Gasteiger partial charge on any atom is 0.272 e. The molecule has 0 aromatic carbocycles. The number of carbonyl (C=O) groups excluding carboxylic acids is 1. The molecule has 1 aromatic heterocycles. The number of hydrogen-bond acceptors (Lipinski definition) is 3. The number of aromatic amines is 1. The third kappa shape index (κ3) is 2.54. The molecule has 1 aliphatic heterocycles. The van der Waals surface area contributed by atoms with Crippen LogP contribution in [0.2, 0.25) is 0 Å². The number of amides is 1. The number of H-pyrrole nitrogens is 1. The van der Waals surface area contributed by atoms with Crippen LogP contribution in [0, 0.1) is 11.8 Å². The molecule has 2 heterocycles. The molecule has 7 heteroatoms. The standard InChI is InChI=1S/C14H18ClFN4O/c15-11(16)14(21)20-5-9(7-1-2-7)10(6-20)13-17-12(18-19-13)8-3-4-8/h7-11H,1-6H2,(H,17,18,19)/t9-,10+,11?/m0/s1. The van der Waals surface area contributed by atoms with Crippen LogP contribution in [0.4, 0.5) is 4.39 Å². The Morgan fingerprint density at radius 3 is 2.71 bits per heavy atom. The molecule has 2 saturated carbocycles. The molecule has 0 radical (unpaired) electrons. The molecule has 4 rings (SSSR count). The summed E-state index contributed by atoms with van der Waals surface area (Å²) in [5.41, 5.74) is -1.94. The molecule has 0 spiro atoms. The van der Waals surface area contributed by atoms with E-state index in [0.717, 1.165) is 24.5 Å². The summed E-state index contributed by atoms with van der Waals surface area (Å²) in [5, 5.41) is 7.35. The highest BCUT2D eigenvalue weighted by molar-refractivity contribution is 6.29. The minimum Gasteiger partial charge on any atom is -0.338 e. The highest BCUT2D eigenvalue weighted by Gasteiger charge is 2.46. The lowest BCUT2D eigenvalue weighted by Crippen LogP contribution is -2.33. The minimum absolute atomic E-state index is 0.136. The second-order valence-corrected chi connectivity index (χ2v) is 6.89. The second-order valence-electron chi connectivity index (χ2n) is 6.50. The number of carbonyl (C=O) groups is 1. The van der Waals surface area contributed by atoms with Crippen molar-refractivity contribution in [1.82, 2.24) is 20.1 Å². The molecule has 114 valence electrons. The quantitative estimate of drug-likeness (QED) is 0.867. The fraction of sp³-hybridized carbons (Fsp3) is 0.786. The van der Waals surface area contributed by atoms with Gasteiger partial charge >= 0.3 is 0 Å². The van der Waals surface area contributed by atoms with Gasteiger partial charge < -0.3 is 4.90 Å². The lowest BCUT2D eigenvalue weighted by atomic mass is 9.91. The number of alkyl halides is 2. The summed E-state index contributed by atoms with van der Waals surface area (Å²) in [5.74, 6) is 2.74. The first-order chi connectivity index (χ1) is 10.1. The smallest absolute Gasteiger partial charge is 0.272 e. The fourth-order valence-electron chi connectivity index (χ4n) is 3.42. The lowest BCUT2D eigenvalue weighted by molar-refractivity contribution is -0.132. The van der Waals surface area contributed by atoms with Crippen LogP contribution >= 0.6 is 11.6 Å². The molecule has 3 fully saturated rings. The summed E-state index contributed by atoms with van der Waals surface area (Å²) in [6.07, 6.45) is 4.70. The van der Waals surface area contributed by atoms with Crippen molar-refractivity contribution in [3.63, 3.8) is 0 Å². The highest BCUT2D eigenvalue weighted by atomic mass is 35.5. The van der Waals surface area contributed by atoms with Gasteiger partial charge in [0, 0.05) is 24.9 Å². The van der Waals surface area contributed by atoms with E-state index in [1.807, 2.05) is 0 Å². The minimum atomic E-state index is -1.94. The third-order valence-electron chi connectivity index (χ3n) is 4.90. The number of hydrogen-bond donors (Lipinski definition) is 1. The Labute approximate surface area is 127 Å². The van der Waals surface area contributed by atoms with Crippen molar-refractivity contribution in [3.05, 3.63) is 11.6 Å². The van der Waals surface area contributed by atoms with E-state index in [9.17, 15) is 9.18 Å². The van der Waals surface area contributed by atoms with Gasteiger partial charge in [-0.25, -0.2) is 9.37 Å². The molecule has 3 atom stereocenters. The summed E-state index contributed by atoms with van der Waals surface area (Å²) >= 11 is 5.31. The predicted octanol–water partition coefficient (Wildman–Crippen LogP) is 2.17. The first-order valence-corrected chi connectivity index (χ1v) is 8.06. The molecular formula is C14H18ClFN4O. The molecule has 3 aliphatic rings. The maximum absolute atomic E-state index is 13.1. The fourth-order valence-corrected chi connectivity index (χ4v) is 3.55. The Morgan fingerprint density at radius 2 is 2.10 bits per heavy atom. The van der Waals surface area contributed by atoms with Crippen molar-refractivity contribution in [3.8, 4) is 0 Å². The predicted molar refractivity (Wildman–Crippen MR) is 74.6 cm³/mol. The Bertz CT molecular complexity index is 555. The van der Waals surface area contributed by atoms with Crippen LogP contribution in [0.15, 0.2) is 0 Å². The van der Waals surface area contributed by atoms with Gasteiger partial charge in [-0.2, -0.15) is 5.10 Å². The van der Waals surface area contributed by atoms with E-state index < -0.39 is 11.5 Å². The highest BCUT2D eigenvalue weighted by Crippen LogP contribution is 2.47. The lowest BCUT2D eigenvalue weighted by Gasteiger charge is -2.15. The van der Waals surface area contributed by atoms with E-state index in [0.29, 0.717) is 30.8 Å². The Balaban J connectivity index is 1.54. The van der Waals surface area contributed by atoms with Crippen molar-refractivity contribution in [2.75, 3.05) is 13.1 Å². The van der Waals surface area contributed by atoms with E-state index >= 15 is 0 Å². The van der Waals surface area contributed by atoms with Gasteiger partial charge in [0.25, 0.3) is 11.5 Å². The molecule has 1 saturated heterocycles. The van der Waals surface area contributed by atoms with Gasteiger partial charge in [0.05, 0.1) is 0 Å². The van der Waals surface area contributed by atoms with E-state index in [2.05, 4.69) is 15.2 Å². The Morgan fingerprint density at radius 1 is 1.33 bits per heavy atom. The average Bonchev–Trinajstić information content (AvgIpc) is 3.40. The van der Waals surface area contributed by atoms with Crippen LogP contribution in [-0.2, 0) is 4.79 Å². The zero-order valence-corrected chi connectivity index (χ0v) is 12.4. The van der Waals surface area contributed by atoms with E-state index in [-0.39, 0.29) is 5.92 Å². The summed E-state index contributed by atoms with van der Waals surface area (Å²) in [7, 11) is 0. The van der Waals surface area contributed by atoms with Gasteiger partial charge in [0.1, 0.15) is 5.82 Å². The monoisotopic (exact) mass is 312 g/mol. The van der Waals surface area contributed by atoms with E-state index in [1.165, 1.54) is 12.8 Å². The van der Waals surface area contributed by atoms with Crippen LogP contribution in [0.3, 0.4) is 0 Å². The maximum atomic E-state index is 13.1. The second kappa shape index (κ2) is 4.93. The summed E-state index contributed by atoms with van der Waals surface area (Å²) in [6, 6.07) is 0. The van der Waals surface area contributed by atoms with Gasteiger partial charge in [0.15, 0.2) is 5.82 Å². The zero-order chi connectivity index (χ0) is 14.6. The number of likely N-dealkylation sites (tertiary alicyclic amines) is 1. The first kappa shape index (κ1) is 13.5. The molecule has 1 N–H and O–H groups in total. The summed E-state index contributed by atoms with van der Waals surface area (Å²) in [4.78, 5) is 18.0. The van der Waals surface area contributed by atoms with E-state index in [4.69, 9.17) is 11.6 Å². The zero-order valence-electron chi connectivity index (χ0n) is 11.6. The van der Waals surface area contributed by atoms with Crippen LogP contribution in [-0.4, -0.2) is 44.7 Å². The number of nitrogens with one attached hydrogen (secondary N) is 1. The van der Waals surface area contributed by atoms with Crippen molar-refractivity contribution in [2.24, 2.45) is 11.8 Å². The van der Waals surface area contributed by atoms with Crippen molar-refractivity contribution >= 4 is 17.5 Å². The first-order valence-electron chi connectivity index (χ1n) is 7.62. The number of halogens is 2. The van der Waals surface area contributed by atoms with Crippen LogP contribution in [0.1, 0.15) is 49.2 Å². The number of rotatable bonds is 4. The molecule has 1 amide bonds. The molecule has 2 aliphatic carbocycles. The molecule has 1 unspecified atom stereocenters. The molecule has 5 nitrogen and oxygen atoms in total. The molecular weight excluding hydrogens is 295 g/mol.